The van der Waals surface area contributed by atoms with E-state index in [4.69, 9.17) is 5.73 Å². The Morgan fingerprint density at radius 2 is 1.93 bits per heavy atom. The van der Waals surface area contributed by atoms with Crippen LogP contribution in [0.1, 0.15) is 5.56 Å². The first-order chi connectivity index (χ1) is 7.40. The summed E-state index contributed by atoms with van der Waals surface area (Å²) in [5, 5.41) is 1.87. The lowest BCUT2D eigenvalue weighted by molar-refractivity contribution is 0.959. The molecular weight excluding hydrogens is 206 g/mol. The summed E-state index contributed by atoms with van der Waals surface area (Å²) in [7, 11) is 0. The first kappa shape index (κ1) is 10.1. The zero-order valence-corrected chi connectivity index (χ0v) is 8.95. The zero-order chi connectivity index (χ0) is 10.5. The van der Waals surface area contributed by atoms with Crippen LogP contribution in [0.15, 0.2) is 52.8 Å². The molecule has 0 aliphatic carbocycles. The predicted molar refractivity (Wildman–Crippen MR) is 60.5 cm³/mol. The second kappa shape index (κ2) is 4.91. The highest BCUT2D eigenvalue weighted by molar-refractivity contribution is 7.99. The molecule has 2 heterocycles. The lowest BCUT2D eigenvalue weighted by Crippen LogP contribution is -1.99. The molecule has 0 saturated heterocycles. The summed E-state index contributed by atoms with van der Waals surface area (Å²) in [6.07, 6.45) is 3.54. The summed E-state index contributed by atoms with van der Waals surface area (Å²) < 4.78 is 0. The van der Waals surface area contributed by atoms with E-state index in [1.807, 2.05) is 30.3 Å². The van der Waals surface area contributed by atoms with E-state index in [0.29, 0.717) is 6.54 Å². The van der Waals surface area contributed by atoms with Crippen molar-refractivity contribution in [2.24, 2.45) is 5.73 Å². The van der Waals surface area contributed by atoms with Crippen LogP contribution in [0.3, 0.4) is 0 Å². The minimum Gasteiger partial charge on any atom is -0.326 e. The molecular formula is C11H11N3S. The molecule has 0 atom stereocenters. The molecule has 15 heavy (non-hydrogen) atoms. The van der Waals surface area contributed by atoms with Crippen molar-refractivity contribution >= 4 is 11.8 Å². The van der Waals surface area contributed by atoms with E-state index < -0.39 is 0 Å². The molecule has 0 saturated carbocycles. The predicted octanol–water partition coefficient (Wildman–Crippen LogP) is 2.09. The van der Waals surface area contributed by atoms with Gasteiger partial charge in [0, 0.05) is 18.9 Å². The first-order valence-electron chi connectivity index (χ1n) is 4.63. The van der Waals surface area contributed by atoms with Crippen LogP contribution in [-0.4, -0.2) is 9.97 Å². The number of nitrogens with two attached hydrogens (primary N) is 1. The van der Waals surface area contributed by atoms with E-state index >= 15 is 0 Å². The summed E-state index contributed by atoms with van der Waals surface area (Å²) in [5.41, 5.74) is 6.68. The zero-order valence-electron chi connectivity index (χ0n) is 8.13. The van der Waals surface area contributed by atoms with Crippen LogP contribution in [-0.2, 0) is 6.54 Å². The van der Waals surface area contributed by atoms with Crippen LogP contribution in [0.2, 0.25) is 0 Å². The van der Waals surface area contributed by atoms with Gasteiger partial charge in [0.2, 0.25) is 0 Å². The molecule has 2 aromatic rings. The van der Waals surface area contributed by atoms with Gasteiger partial charge in [-0.1, -0.05) is 12.1 Å². The van der Waals surface area contributed by atoms with Crippen molar-refractivity contribution in [2.45, 2.75) is 16.6 Å². The average molecular weight is 217 g/mol. The summed E-state index contributed by atoms with van der Waals surface area (Å²) >= 11 is 1.54. The maximum absolute atomic E-state index is 5.63. The summed E-state index contributed by atoms with van der Waals surface area (Å²) in [6.45, 7) is 0.503. The molecule has 76 valence electrons. The fourth-order valence-corrected chi connectivity index (χ4v) is 2.03. The molecule has 2 aromatic heterocycles. The van der Waals surface area contributed by atoms with Gasteiger partial charge in [0.15, 0.2) is 0 Å². The van der Waals surface area contributed by atoms with E-state index in [9.17, 15) is 0 Å². The third kappa shape index (κ3) is 2.55. The van der Waals surface area contributed by atoms with E-state index in [-0.39, 0.29) is 0 Å². The van der Waals surface area contributed by atoms with Gasteiger partial charge in [-0.15, -0.1) is 0 Å². The largest absolute Gasteiger partial charge is 0.326 e. The number of pyridine rings is 2. The van der Waals surface area contributed by atoms with Crippen LogP contribution in [0.4, 0.5) is 0 Å². The molecule has 0 amide bonds. The molecule has 3 nitrogen and oxygen atoms in total. The van der Waals surface area contributed by atoms with Gasteiger partial charge in [0.05, 0.1) is 0 Å². The van der Waals surface area contributed by atoms with Crippen LogP contribution in [0.25, 0.3) is 0 Å². The Morgan fingerprint density at radius 1 is 1.07 bits per heavy atom. The number of hydrogen-bond donors (Lipinski definition) is 1. The summed E-state index contributed by atoms with van der Waals surface area (Å²) in [6, 6.07) is 9.69. The normalized spacial score (nSPS) is 10.2. The Hall–Kier alpha value is -1.39. The van der Waals surface area contributed by atoms with Crippen LogP contribution < -0.4 is 5.73 Å². The Labute approximate surface area is 92.8 Å². The van der Waals surface area contributed by atoms with Gasteiger partial charge >= 0.3 is 0 Å². The lowest BCUT2D eigenvalue weighted by atomic mass is 10.3. The summed E-state index contributed by atoms with van der Waals surface area (Å²) in [5.74, 6) is 0. The van der Waals surface area contributed by atoms with Crippen molar-refractivity contribution < 1.29 is 0 Å². The minimum atomic E-state index is 0.503. The number of rotatable bonds is 3. The quantitative estimate of drug-likeness (QED) is 0.855. The second-order valence-electron chi connectivity index (χ2n) is 2.94. The van der Waals surface area contributed by atoms with Gasteiger partial charge in [-0.25, -0.2) is 9.97 Å². The Kier molecular flexibility index (Phi) is 3.32. The van der Waals surface area contributed by atoms with E-state index in [1.54, 1.807) is 12.4 Å². The molecule has 0 aliphatic heterocycles. The van der Waals surface area contributed by atoms with E-state index in [1.165, 1.54) is 11.8 Å². The fraction of sp³-hybridized carbons (Fsp3) is 0.0909. The maximum atomic E-state index is 5.63. The van der Waals surface area contributed by atoms with Crippen LogP contribution in [0.5, 0.6) is 0 Å². The van der Waals surface area contributed by atoms with Crippen molar-refractivity contribution in [3.05, 3.63) is 48.3 Å². The molecule has 0 bridgehead atoms. The molecule has 0 unspecified atom stereocenters. The van der Waals surface area contributed by atoms with E-state index in [2.05, 4.69) is 9.97 Å². The van der Waals surface area contributed by atoms with Gasteiger partial charge < -0.3 is 5.73 Å². The molecule has 0 fully saturated rings. The average Bonchev–Trinajstić information content (AvgIpc) is 2.31. The first-order valence-corrected chi connectivity index (χ1v) is 5.44. The van der Waals surface area contributed by atoms with Crippen molar-refractivity contribution in [1.82, 2.24) is 9.97 Å². The van der Waals surface area contributed by atoms with Crippen LogP contribution in [0, 0.1) is 0 Å². The maximum Gasteiger partial charge on any atom is 0.107 e. The van der Waals surface area contributed by atoms with Crippen molar-refractivity contribution in [3.8, 4) is 0 Å². The second-order valence-corrected chi connectivity index (χ2v) is 3.95. The highest BCUT2D eigenvalue weighted by Crippen LogP contribution is 2.26. The van der Waals surface area contributed by atoms with Crippen LogP contribution >= 0.6 is 11.8 Å². The third-order valence-corrected chi connectivity index (χ3v) is 2.92. The van der Waals surface area contributed by atoms with Crippen molar-refractivity contribution in [2.75, 3.05) is 0 Å². The van der Waals surface area contributed by atoms with Gasteiger partial charge in [-0.05, 0) is 35.5 Å². The monoisotopic (exact) mass is 217 g/mol. The number of aromatic nitrogens is 2. The topological polar surface area (TPSA) is 51.8 Å². The molecule has 2 N–H and O–H groups in total. The van der Waals surface area contributed by atoms with Gasteiger partial charge in [-0.2, -0.15) is 0 Å². The minimum absolute atomic E-state index is 0.503. The number of nitrogens with zero attached hydrogens (tertiary/aromatic N) is 2. The molecule has 2 rings (SSSR count). The molecule has 4 heteroatoms. The van der Waals surface area contributed by atoms with E-state index in [0.717, 1.165) is 15.6 Å². The van der Waals surface area contributed by atoms with Gasteiger partial charge in [0.25, 0.3) is 0 Å². The highest BCUT2D eigenvalue weighted by atomic mass is 32.2. The smallest absolute Gasteiger partial charge is 0.107 e. The molecule has 0 aromatic carbocycles. The fourth-order valence-electron chi connectivity index (χ4n) is 1.18. The SMILES string of the molecule is NCc1cccnc1Sc1ccccn1. The van der Waals surface area contributed by atoms with Gasteiger partial charge in [-0.3, -0.25) is 0 Å². The lowest BCUT2D eigenvalue weighted by Gasteiger charge is -2.04. The van der Waals surface area contributed by atoms with Gasteiger partial charge in [0.1, 0.15) is 10.1 Å². The summed E-state index contributed by atoms with van der Waals surface area (Å²) in [4.78, 5) is 8.52. The molecule has 0 radical (unpaired) electrons. The molecule has 0 spiro atoms. The molecule has 0 aliphatic rings. The standard InChI is InChI=1S/C11H11N3S/c12-8-9-4-3-7-14-11(9)15-10-5-1-2-6-13-10/h1-7H,8,12H2. The Balaban J connectivity index is 2.24. The highest BCUT2D eigenvalue weighted by Gasteiger charge is 2.03. The Bertz CT molecular complexity index is 431. The van der Waals surface area contributed by atoms with Crippen molar-refractivity contribution in [1.29, 1.82) is 0 Å². The third-order valence-electron chi connectivity index (χ3n) is 1.91. The van der Waals surface area contributed by atoms with Crippen molar-refractivity contribution in [3.63, 3.8) is 0 Å². The number of hydrogen-bond acceptors (Lipinski definition) is 4. The Morgan fingerprint density at radius 3 is 2.67 bits per heavy atom.